The van der Waals surface area contributed by atoms with Gasteiger partial charge in [-0.25, -0.2) is 9.97 Å². The van der Waals surface area contributed by atoms with E-state index < -0.39 is 0 Å². The molecule has 0 amide bonds. The third kappa shape index (κ3) is 3.30. The molecule has 136 valence electrons. The molecule has 0 aliphatic heterocycles. The number of ether oxygens (including phenoxy) is 1. The zero-order valence-electron chi connectivity index (χ0n) is 15.6. The maximum Gasteiger partial charge on any atom is 0.149 e. The molecule has 0 unspecified atom stereocenters. The van der Waals surface area contributed by atoms with Gasteiger partial charge in [0.1, 0.15) is 22.7 Å². The Morgan fingerprint density at radius 2 is 1.70 bits per heavy atom. The van der Waals surface area contributed by atoms with Crippen LogP contribution in [0.3, 0.4) is 0 Å². The van der Waals surface area contributed by atoms with Gasteiger partial charge in [0.25, 0.3) is 0 Å². The molecule has 2 aromatic heterocycles. The summed E-state index contributed by atoms with van der Waals surface area (Å²) in [6.07, 6.45) is 3.78. The molecule has 0 bridgehead atoms. The van der Waals surface area contributed by atoms with Gasteiger partial charge in [0.05, 0.1) is 18.2 Å². The van der Waals surface area contributed by atoms with Crippen LogP contribution in [0.25, 0.3) is 27.8 Å². The lowest BCUT2D eigenvalue weighted by atomic mass is 10.1. The van der Waals surface area contributed by atoms with Gasteiger partial charge < -0.3 is 4.74 Å². The largest absolute Gasteiger partial charge is 0.495 e. The van der Waals surface area contributed by atoms with E-state index in [0.717, 1.165) is 38.6 Å². The second kappa shape index (κ2) is 7.45. The van der Waals surface area contributed by atoms with Crippen LogP contribution in [0, 0.1) is 0 Å². The second-order valence-corrected chi connectivity index (χ2v) is 8.06. The molecule has 0 saturated heterocycles. The monoisotopic (exact) mass is 375 g/mol. The number of para-hydroxylation sites is 2. The molecular weight excluding hydrogens is 354 g/mol. The lowest BCUT2D eigenvalue weighted by Crippen LogP contribution is -1.98. The fourth-order valence-corrected chi connectivity index (χ4v) is 4.07. The minimum atomic E-state index is 0.432. The van der Waals surface area contributed by atoms with Crippen molar-refractivity contribution in [2.75, 3.05) is 7.11 Å². The maximum absolute atomic E-state index is 5.59. The van der Waals surface area contributed by atoms with Crippen molar-refractivity contribution in [1.82, 2.24) is 14.5 Å². The summed E-state index contributed by atoms with van der Waals surface area (Å²) in [5.74, 6) is 0.811. The summed E-state index contributed by atoms with van der Waals surface area (Å²) < 4.78 is 7.69. The van der Waals surface area contributed by atoms with E-state index in [0.29, 0.717) is 5.25 Å². The highest BCUT2D eigenvalue weighted by Gasteiger charge is 2.19. The van der Waals surface area contributed by atoms with E-state index in [1.165, 1.54) is 0 Å². The number of nitrogens with zero attached hydrogens (tertiary/aromatic N) is 3. The molecule has 0 aliphatic rings. The summed E-state index contributed by atoms with van der Waals surface area (Å²) in [5, 5.41) is 2.51. The molecule has 0 spiro atoms. The van der Waals surface area contributed by atoms with Gasteiger partial charge in [0.2, 0.25) is 0 Å². The molecular formula is C22H21N3OS. The summed E-state index contributed by atoms with van der Waals surface area (Å²) in [6.45, 7) is 4.36. The van der Waals surface area contributed by atoms with E-state index >= 15 is 0 Å². The van der Waals surface area contributed by atoms with Gasteiger partial charge in [-0.05, 0) is 17.7 Å². The molecule has 0 radical (unpaired) electrons. The number of thioether (sulfide) groups is 1. The Labute approximate surface area is 163 Å². The average molecular weight is 375 g/mol. The number of benzene rings is 2. The Bertz CT molecular complexity index is 1070. The summed E-state index contributed by atoms with van der Waals surface area (Å²) >= 11 is 1.76. The first-order valence-corrected chi connectivity index (χ1v) is 9.78. The molecule has 0 fully saturated rings. The first kappa shape index (κ1) is 17.6. The van der Waals surface area contributed by atoms with E-state index in [1.54, 1.807) is 25.2 Å². The number of methoxy groups -OCH3 is 1. The van der Waals surface area contributed by atoms with Crippen molar-refractivity contribution in [2.45, 2.75) is 24.1 Å². The molecule has 27 heavy (non-hydrogen) atoms. The van der Waals surface area contributed by atoms with Crippen LogP contribution >= 0.6 is 11.8 Å². The van der Waals surface area contributed by atoms with Crippen molar-refractivity contribution in [1.29, 1.82) is 0 Å². The molecule has 2 heterocycles. The predicted molar refractivity (Wildman–Crippen MR) is 112 cm³/mol. The van der Waals surface area contributed by atoms with Crippen LogP contribution in [-0.2, 0) is 0 Å². The van der Waals surface area contributed by atoms with Crippen molar-refractivity contribution in [2.24, 2.45) is 0 Å². The van der Waals surface area contributed by atoms with Crippen LogP contribution in [0.4, 0.5) is 0 Å². The Hall–Kier alpha value is -2.79. The van der Waals surface area contributed by atoms with Gasteiger partial charge in [-0.1, -0.05) is 56.3 Å². The summed E-state index contributed by atoms with van der Waals surface area (Å²) in [4.78, 5) is 9.22. The number of hydrogen-bond donors (Lipinski definition) is 0. The normalized spacial score (nSPS) is 11.3. The molecule has 0 aliphatic carbocycles. The zero-order valence-corrected chi connectivity index (χ0v) is 16.4. The summed E-state index contributed by atoms with van der Waals surface area (Å²) in [7, 11) is 1.69. The van der Waals surface area contributed by atoms with Crippen molar-refractivity contribution >= 4 is 22.8 Å². The Kier molecular flexibility index (Phi) is 4.86. The molecule has 4 nitrogen and oxygen atoms in total. The minimum absolute atomic E-state index is 0.432. The second-order valence-electron chi connectivity index (χ2n) is 6.49. The highest BCUT2D eigenvalue weighted by atomic mass is 32.2. The van der Waals surface area contributed by atoms with Crippen LogP contribution in [0.1, 0.15) is 13.8 Å². The van der Waals surface area contributed by atoms with E-state index in [4.69, 9.17) is 4.74 Å². The Morgan fingerprint density at radius 1 is 0.963 bits per heavy atom. The van der Waals surface area contributed by atoms with E-state index in [9.17, 15) is 0 Å². The van der Waals surface area contributed by atoms with Gasteiger partial charge in [-0.2, -0.15) is 0 Å². The molecule has 5 heteroatoms. The topological polar surface area (TPSA) is 39.9 Å². The van der Waals surface area contributed by atoms with E-state index in [-0.39, 0.29) is 0 Å². The van der Waals surface area contributed by atoms with E-state index in [1.807, 2.05) is 30.3 Å². The molecule has 4 aromatic rings. The van der Waals surface area contributed by atoms with Gasteiger partial charge in [-0.3, -0.25) is 4.57 Å². The Morgan fingerprint density at radius 3 is 2.44 bits per heavy atom. The smallest absolute Gasteiger partial charge is 0.149 e. The maximum atomic E-state index is 5.59. The average Bonchev–Trinajstić information content (AvgIpc) is 3.09. The zero-order chi connectivity index (χ0) is 18.8. The van der Waals surface area contributed by atoms with Crippen LogP contribution in [0.15, 0.2) is 72.1 Å². The lowest BCUT2D eigenvalue weighted by Gasteiger charge is -2.10. The molecule has 4 rings (SSSR count). The van der Waals surface area contributed by atoms with Gasteiger partial charge in [-0.15, -0.1) is 11.8 Å². The molecule has 2 aromatic carbocycles. The standard InChI is InChI=1S/C22H21N3OS/c1-15(2)27-22-20-17(16-9-5-4-6-10-16)13-25(21(20)23-14-24-22)18-11-7-8-12-19(18)26-3/h4-15H,1-3H3. The van der Waals surface area contributed by atoms with Gasteiger partial charge >= 0.3 is 0 Å². The minimum Gasteiger partial charge on any atom is -0.495 e. The number of rotatable bonds is 5. The highest BCUT2D eigenvalue weighted by Crippen LogP contribution is 2.39. The number of fused-ring (bicyclic) bond motifs is 1. The van der Waals surface area contributed by atoms with Crippen molar-refractivity contribution in [3.63, 3.8) is 0 Å². The first-order valence-electron chi connectivity index (χ1n) is 8.90. The molecule has 0 atom stereocenters. The Balaban J connectivity index is 2.04. The van der Waals surface area contributed by atoms with Crippen molar-refractivity contribution < 1.29 is 4.74 Å². The summed E-state index contributed by atoms with van der Waals surface area (Å²) in [6, 6.07) is 18.4. The van der Waals surface area contributed by atoms with Crippen molar-refractivity contribution in [3.8, 4) is 22.6 Å². The fourth-order valence-electron chi connectivity index (χ4n) is 3.20. The molecule has 0 saturated carbocycles. The third-order valence-electron chi connectivity index (χ3n) is 4.33. The van der Waals surface area contributed by atoms with Gasteiger partial charge in [0, 0.05) is 17.0 Å². The fraction of sp³-hybridized carbons (Fsp3) is 0.182. The van der Waals surface area contributed by atoms with Crippen LogP contribution in [0.5, 0.6) is 5.75 Å². The van der Waals surface area contributed by atoms with Gasteiger partial charge in [0.15, 0.2) is 0 Å². The third-order valence-corrected chi connectivity index (χ3v) is 5.33. The van der Waals surface area contributed by atoms with Crippen molar-refractivity contribution in [3.05, 3.63) is 67.1 Å². The van der Waals surface area contributed by atoms with Crippen LogP contribution in [0.2, 0.25) is 0 Å². The SMILES string of the molecule is COc1ccccc1-n1cc(-c2ccccc2)c2c(SC(C)C)ncnc21. The number of aromatic nitrogens is 3. The highest BCUT2D eigenvalue weighted by molar-refractivity contribution is 8.00. The quantitative estimate of drug-likeness (QED) is 0.336. The first-order chi connectivity index (χ1) is 13.2. The van der Waals surface area contributed by atoms with Crippen LogP contribution < -0.4 is 4.74 Å². The summed E-state index contributed by atoms with van der Waals surface area (Å²) in [5.41, 5.74) is 4.12. The number of hydrogen-bond acceptors (Lipinski definition) is 4. The molecule has 0 N–H and O–H groups in total. The van der Waals surface area contributed by atoms with E-state index in [2.05, 4.69) is 58.8 Å². The lowest BCUT2D eigenvalue weighted by molar-refractivity contribution is 0.413. The van der Waals surface area contributed by atoms with Crippen LogP contribution in [-0.4, -0.2) is 26.9 Å². The predicted octanol–water partition coefficient (Wildman–Crippen LogP) is 5.60.